The van der Waals surface area contributed by atoms with E-state index in [-0.39, 0.29) is 13.1 Å². The van der Waals surface area contributed by atoms with Gasteiger partial charge >= 0.3 is 6.18 Å². The Labute approximate surface area is 209 Å². The van der Waals surface area contributed by atoms with E-state index in [1.165, 1.54) is 0 Å². The molecule has 7 nitrogen and oxygen atoms in total. The first-order valence-electron chi connectivity index (χ1n) is 11.4. The molecule has 1 aliphatic rings. The molecule has 186 valence electrons. The number of hydrogen-bond acceptors (Lipinski definition) is 5. The Morgan fingerprint density at radius 3 is 2.56 bits per heavy atom. The van der Waals surface area contributed by atoms with E-state index < -0.39 is 23.3 Å². The number of carbonyl (C=O) groups is 1. The van der Waals surface area contributed by atoms with E-state index >= 15 is 0 Å². The van der Waals surface area contributed by atoms with Crippen molar-refractivity contribution in [1.29, 1.82) is 0 Å². The van der Waals surface area contributed by atoms with E-state index in [9.17, 15) is 18.0 Å². The summed E-state index contributed by atoms with van der Waals surface area (Å²) >= 11 is 6.02. The third-order valence-corrected chi connectivity index (χ3v) is 6.26. The smallest absolute Gasteiger partial charge is 0.357 e. The number of fused-ring (bicyclic) bond motifs is 1. The monoisotopic (exact) mass is 514 g/mol. The van der Waals surface area contributed by atoms with Crippen molar-refractivity contribution in [3.05, 3.63) is 82.5 Å². The minimum Gasteiger partial charge on any atom is -0.357 e. The lowest BCUT2D eigenvalue weighted by atomic mass is 10.1. The second-order valence-electron chi connectivity index (χ2n) is 8.66. The Bertz CT molecular complexity index is 1400. The highest BCUT2D eigenvalue weighted by Gasteiger charge is 2.39. The molecule has 1 N–H and O–H groups in total. The Balaban J connectivity index is 1.31. The SMILES string of the molecule is O=C(NCc1cc2cc(Cl)ccc2cn1)c1cn(Cc2ccc(N3CCCC3)nc2)nc1C(F)(F)F. The van der Waals surface area contributed by atoms with Gasteiger partial charge in [-0.05, 0) is 48.1 Å². The highest BCUT2D eigenvalue weighted by Crippen LogP contribution is 2.31. The fourth-order valence-electron chi connectivity index (χ4n) is 4.23. The maximum absolute atomic E-state index is 13.7. The number of carbonyl (C=O) groups excluding carboxylic acids is 1. The number of pyridine rings is 2. The normalized spacial score (nSPS) is 13.9. The van der Waals surface area contributed by atoms with Gasteiger partial charge in [0, 0.05) is 42.1 Å². The number of nitrogens with zero attached hydrogens (tertiary/aromatic N) is 5. The van der Waals surface area contributed by atoms with Crippen LogP contribution in [0.25, 0.3) is 10.8 Å². The van der Waals surface area contributed by atoms with Crippen LogP contribution in [0.15, 0.2) is 55.0 Å². The molecule has 1 saturated heterocycles. The third-order valence-electron chi connectivity index (χ3n) is 6.03. The molecule has 1 fully saturated rings. The quantitative estimate of drug-likeness (QED) is 0.388. The average Bonchev–Trinajstić information content (AvgIpc) is 3.53. The molecule has 4 heterocycles. The lowest BCUT2D eigenvalue weighted by molar-refractivity contribution is -0.141. The van der Waals surface area contributed by atoms with E-state index in [1.54, 1.807) is 30.6 Å². The van der Waals surface area contributed by atoms with Crippen molar-refractivity contribution in [3.63, 3.8) is 0 Å². The molecular formula is C25H22ClF3N6O. The van der Waals surface area contributed by atoms with Crippen LogP contribution in [0.2, 0.25) is 5.02 Å². The van der Waals surface area contributed by atoms with Crippen LogP contribution in [0.5, 0.6) is 0 Å². The molecule has 1 aromatic carbocycles. The average molecular weight is 515 g/mol. The summed E-state index contributed by atoms with van der Waals surface area (Å²) in [6, 6.07) is 10.7. The fraction of sp³-hybridized carbons (Fsp3) is 0.280. The first-order valence-corrected chi connectivity index (χ1v) is 11.8. The molecule has 0 atom stereocenters. The lowest BCUT2D eigenvalue weighted by Gasteiger charge is -2.16. The van der Waals surface area contributed by atoms with Crippen molar-refractivity contribution < 1.29 is 18.0 Å². The zero-order chi connectivity index (χ0) is 25.3. The van der Waals surface area contributed by atoms with Gasteiger partial charge in [0.05, 0.1) is 24.3 Å². The standard InChI is InChI=1S/C25H22ClF3N6O/c26-19-5-4-17-12-30-20(10-18(17)9-19)13-32-24(36)21-15-35(33-23(21)25(27,28)29)14-16-3-6-22(31-11-16)34-7-1-2-8-34/h3-6,9-12,15H,1-2,7-8,13-14H2,(H,32,36). The number of nitrogens with one attached hydrogen (secondary N) is 1. The van der Waals surface area contributed by atoms with E-state index in [0.29, 0.717) is 16.3 Å². The van der Waals surface area contributed by atoms with Gasteiger partial charge in [0.1, 0.15) is 5.82 Å². The van der Waals surface area contributed by atoms with E-state index in [2.05, 4.69) is 25.3 Å². The van der Waals surface area contributed by atoms with Gasteiger partial charge in [0.25, 0.3) is 5.91 Å². The van der Waals surface area contributed by atoms with E-state index in [0.717, 1.165) is 53.4 Å². The molecule has 0 aliphatic carbocycles. The minimum absolute atomic E-state index is 0.0500. The minimum atomic E-state index is -4.78. The van der Waals surface area contributed by atoms with Gasteiger partial charge in [0.15, 0.2) is 5.69 Å². The Morgan fingerprint density at radius 1 is 1.03 bits per heavy atom. The Hall–Kier alpha value is -3.66. The van der Waals surface area contributed by atoms with Gasteiger partial charge in [-0.2, -0.15) is 18.3 Å². The second-order valence-corrected chi connectivity index (χ2v) is 9.09. The molecule has 0 saturated carbocycles. The van der Waals surface area contributed by atoms with Gasteiger partial charge in [-0.1, -0.05) is 23.7 Å². The number of alkyl halides is 3. The van der Waals surface area contributed by atoms with Crippen molar-refractivity contribution in [2.45, 2.75) is 32.1 Å². The lowest BCUT2D eigenvalue weighted by Crippen LogP contribution is -2.25. The summed E-state index contributed by atoms with van der Waals surface area (Å²) in [5.41, 5.74) is -0.615. The first-order chi connectivity index (χ1) is 17.3. The van der Waals surface area contributed by atoms with Crippen molar-refractivity contribution >= 4 is 34.1 Å². The first kappa shape index (κ1) is 24.1. The maximum Gasteiger partial charge on any atom is 0.435 e. The molecule has 5 rings (SSSR count). The summed E-state index contributed by atoms with van der Waals surface area (Å²) in [5.74, 6) is -0.0404. The fourth-order valence-corrected chi connectivity index (χ4v) is 4.41. The summed E-state index contributed by atoms with van der Waals surface area (Å²) in [5, 5.41) is 8.41. The Morgan fingerprint density at radius 2 is 1.83 bits per heavy atom. The van der Waals surface area contributed by atoms with Gasteiger partial charge in [-0.15, -0.1) is 0 Å². The molecule has 4 aromatic rings. The summed E-state index contributed by atoms with van der Waals surface area (Å²) in [6.07, 6.45) is 1.81. The zero-order valence-corrected chi connectivity index (χ0v) is 19.9. The summed E-state index contributed by atoms with van der Waals surface area (Å²) in [4.78, 5) is 23.6. The largest absolute Gasteiger partial charge is 0.435 e. The number of amides is 1. The predicted molar refractivity (Wildman–Crippen MR) is 130 cm³/mol. The van der Waals surface area contributed by atoms with Crippen molar-refractivity contribution in [1.82, 2.24) is 25.1 Å². The topological polar surface area (TPSA) is 75.9 Å². The van der Waals surface area contributed by atoms with Crippen molar-refractivity contribution in [2.75, 3.05) is 18.0 Å². The van der Waals surface area contributed by atoms with Crippen LogP contribution in [0.1, 0.15) is 40.2 Å². The molecule has 11 heteroatoms. The van der Waals surface area contributed by atoms with Crippen LogP contribution in [0.4, 0.5) is 19.0 Å². The molecular weight excluding hydrogens is 493 g/mol. The van der Waals surface area contributed by atoms with Gasteiger partial charge in [-0.25, -0.2) is 4.98 Å². The molecule has 0 radical (unpaired) electrons. The summed E-state index contributed by atoms with van der Waals surface area (Å²) in [6.45, 7) is 1.89. The number of benzene rings is 1. The number of anilines is 1. The molecule has 0 bridgehead atoms. The van der Waals surface area contributed by atoms with Crippen molar-refractivity contribution in [2.24, 2.45) is 0 Å². The van der Waals surface area contributed by atoms with Crippen LogP contribution in [-0.4, -0.2) is 38.7 Å². The highest BCUT2D eigenvalue weighted by atomic mass is 35.5. The van der Waals surface area contributed by atoms with Gasteiger partial charge in [-0.3, -0.25) is 14.5 Å². The van der Waals surface area contributed by atoms with E-state index in [4.69, 9.17) is 11.6 Å². The zero-order valence-electron chi connectivity index (χ0n) is 19.1. The molecule has 1 aliphatic heterocycles. The van der Waals surface area contributed by atoms with Crippen LogP contribution in [0.3, 0.4) is 0 Å². The molecule has 0 unspecified atom stereocenters. The maximum atomic E-state index is 13.7. The predicted octanol–water partition coefficient (Wildman–Crippen LogP) is 5.08. The molecule has 0 spiro atoms. The molecule has 36 heavy (non-hydrogen) atoms. The van der Waals surface area contributed by atoms with Crippen LogP contribution in [0, 0.1) is 0 Å². The summed E-state index contributed by atoms with van der Waals surface area (Å²) < 4.78 is 42.1. The van der Waals surface area contributed by atoms with Gasteiger partial charge in [0.2, 0.25) is 0 Å². The molecule has 1 amide bonds. The number of aromatic nitrogens is 4. The number of hydrogen-bond donors (Lipinski definition) is 1. The highest BCUT2D eigenvalue weighted by molar-refractivity contribution is 6.31. The molecule has 3 aromatic heterocycles. The van der Waals surface area contributed by atoms with Crippen LogP contribution < -0.4 is 10.2 Å². The number of rotatable bonds is 6. The summed E-state index contributed by atoms with van der Waals surface area (Å²) in [7, 11) is 0. The Kier molecular flexibility index (Phi) is 6.53. The van der Waals surface area contributed by atoms with Crippen LogP contribution >= 0.6 is 11.6 Å². The van der Waals surface area contributed by atoms with Crippen molar-refractivity contribution in [3.8, 4) is 0 Å². The second kappa shape index (κ2) is 9.77. The van der Waals surface area contributed by atoms with E-state index in [1.807, 2.05) is 18.2 Å². The third kappa shape index (κ3) is 5.28. The van der Waals surface area contributed by atoms with Crippen LogP contribution in [-0.2, 0) is 19.3 Å². The van der Waals surface area contributed by atoms with Gasteiger partial charge < -0.3 is 10.2 Å². The number of halogens is 4.